The maximum absolute atomic E-state index is 14.9. The normalized spacial score (nSPS) is 11.0. The smallest absolute Gasteiger partial charge is 0.275 e. The minimum absolute atomic E-state index is 0.0307. The molecule has 3 N–H and O–H groups in total. The van der Waals surface area contributed by atoms with Gasteiger partial charge in [0, 0.05) is 30.1 Å². The van der Waals surface area contributed by atoms with Gasteiger partial charge in [0.05, 0.1) is 33.6 Å². The number of halogens is 2. The number of nitrogens with two attached hydrogens (primary N) is 1. The summed E-state index contributed by atoms with van der Waals surface area (Å²) < 4.78 is 16.5. The number of benzene rings is 2. The van der Waals surface area contributed by atoms with Gasteiger partial charge in [0.1, 0.15) is 11.9 Å². The van der Waals surface area contributed by atoms with Crippen LogP contribution in [0.5, 0.6) is 0 Å². The first kappa shape index (κ1) is 18.8. The Hall–Kier alpha value is -3.54. The average molecular weight is 409 g/mol. The lowest BCUT2D eigenvalue weighted by Crippen LogP contribution is -2.14. The van der Waals surface area contributed by atoms with E-state index in [-0.39, 0.29) is 11.9 Å². The van der Waals surface area contributed by atoms with Gasteiger partial charge in [0.15, 0.2) is 0 Å². The molecule has 0 radical (unpaired) electrons. The van der Waals surface area contributed by atoms with E-state index in [1.165, 1.54) is 6.07 Å². The minimum atomic E-state index is -0.697. The maximum Gasteiger partial charge on any atom is 0.275 e. The molecule has 0 saturated carbocycles. The Labute approximate surface area is 169 Å². The number of aromatic amines is 1. The molecule has 144 valence electrons. The van der Waals surface area contributed by atoms with Gasteiger partial charge < -0.3 is 5.73 Å². The fourth-order valence-corrected chi connectivity index (χ4v) is 3.63. The molecule has 7 nitrogen and oxygen atoms in total. The molecule has 0 unspecified atom stereocenters. The molecule has 2 heterocycles. The number of aryl methyl sites for hydroxylation is 1. The number of aromatic nitrogens is 4. The number of nitriles is 1. The fraction of sp³-hybridized carbons (Fsp3) is 0.100. The molecule has 4 rings (SSSR count). The molecule has 2 aromatic heterocycles. The first-order valence-electron chi connectivity index (χ1n) is 8.58. The third-order valence-electron chi connectivity index (χ3n) is 4.74. The molecule has 0 fully saturated rings. The summed E-state index contributed by atoms with van der Waals surface area (Å²) in [5, 5.41) is 20.5. The summed E-state index contributed by atoms with van der Waals surface area (Å²) in [6.07, 6.45) is 1.57. The number of hydrogen-bond donors (Lipinski definition) is 2. The Balaban J connectivity index is 2.04. The summed E-state index contributed by atoms with van der Waals surface area (Å²) in [6.45, 7) is 0.0307. The van der Waals surface area contributed by atoms with Crippen LogP contribution in [0.2, 0.25) is 5.02 Å². The Morgan fingerprint density at radius 2 is 2.14 bits per heavy atom. The van der Waals surface area contributed by atoms with Crippen molar-refractivity contribution in [1.82, 2.24) is 20.0 Å². The molecule has 2 aromatic carbocycles. The predicted octanol–water partition coefficient (Wildman–Crippen LogP) is 3.11. The van der Waals surface area contributed by atoms with Crippen molar-refractivity contribution in [2.75, 3.05) is 0 Å². The zero-order chi connectivity index (χ0) is 20.7. The third kappa shape index (κ3) is 2.97. The van der Waals surface area contributed by atoms with Gasteiger partial charge >= 0.3 is 0 Å². The lowest BCUT2D eigenvalue weighted by Gasteiger charge is -2.11. The van der Waals surface area contributed by atoms with Gasteiger partial charge in [-0.25, -0.2) is 9.49 Å². The van der Waals surface area contributed by atoms with E-state index in [1.807, 2.05) is 0 Å². The fourth-order valence-electron chi connectivity index (χ4n) is 3.41. The molecule has 0 saturated heterocycles. The number of fused-ring (bicyclic) bond motifs is 1. The summed E-state index contributed by atoms with van der Waals surface area (Å²) in [5.74, 6) is -0.697. The minimum Gasteiger partial charge on any atom is -0.325 e. The molecule has 0 spiro atoms. The third-order valence-corrected chi connectivity index (χ3v) is 5.06. The van der Waals surface area contributed by atoms with Crippen molar-refractivity contribution in [1.29, 1.82) is 5.26 Å². The van der Waals surface area contributed by atoms with E-state index in [0.29, 0.717) is 44.1 Å². The van der Waals surface area contributed by atoms with Crippen LogP contribution in [0.1, 0.15) is 11.3 Å². The number of rotatable bonds is 3. The van der Waals surface area contributed by atoms with Gasteiger partial charge in [-0.2, -0.15) is 15.5 Å². The monoisotopic (exact) mass is 408 g/mol. The summed E-state index contributed by atoms with van der Waals surface area (Å²) >= 11 is 6.18. The highest BCUT2D eigenvalue weighted by atomic mass is 35.5. The topological polar surface area (TPSA) is 113 Å². The Kier molecular flexibility index (Phi) is 4.62. The molecule has 0 bridgehead atoms. The second-order valence-corrected chi connectivity index (χ2v) is 6.80. The van der Waals surface area contributed by atoms with E-state index >= 15 is 0 Å². The Morgan fingerprint density at radius 1 is 1.34 bits per heavy atom. The lowest BCUT2D eigenvalue weighted by molar-refractivity contribution is 0.638. The first-order chi connectivity index (χ1) is 14.0. The molecule has 0 aliphatic rings. The van der Waals surface area contributed by atoms with E-state index in [0.717, 1.165) is 0 Å². The second kappa shape index (κ2) is 7.13. The van der Waals surface area contributed by atoms with Crippen LogP contribution in [0.25, 0.3) is 33.2 Å². The second-order valence-electron chi connectivity index (χ2n) is 6.39. The summed E-state index contributed by atoms with van der Waals surface area (Å²) in [6, 6.07) is 10.1. The van der Waals surface area contributed by atoms with Crippen LogP contribution in [0.15, 0.2) is 41.3 Å². The number of H-pyrrole nitrogens is 1. The first-order valence-corrected chi connectivity index (χ1v) is 8.96. The highest BCUT2D eigenvalue weighted by Crippen LogP contribution is 2.37. The van der Waals surface area contributed by atoms with Gasteiger partial charge in [-0.3, -0.25) is 9.48 Å². The Bertz CT molecular complexity index is 1370. The molecule has 9 heteroatoms. The van der Waals surface area contributed by atoms with Gasteiger partial charge in [-0.05, 0) is 23.8 Å². The largest absolute Gasteiger partial charge is 0.325 e. The van der Waals surface area contributed by atoms with E-state index in [9.17, 15) is 14.4 Å². The van der Waals surface area contributed by atoms with E-state index in [4.69, 9.17) is 17.3 Å². The van der Waals surface area contributed by atoms with Crippen LogP contribution in [0, 0.1) is 17.1 Å². The molecule has 29 heavy (non-hydrogen) atoms. The molecule has 0 aliphatic carbocycles. The van der Waals surface area contributed by atoms with E-state index < -0.39 is 11.4 Å². The van der Waals surface area contributed by atoms with Crippen molar-refractivity contribution in [3.8, 4) is 28.5 Å². The SMILES string of the molecule is Cn1ncc(-c2cc(F)c3c(=O)[nH]nc(CN)c3c2)c1-c1cccc(Cl)c1C#N. The van der Waals surface area contributed by atoms with Gasteiger partial charge in [0.2, 0.25) is 0 Å². The zero-order valence-electron chi connectivity index (χ0n) is 15.2. The molecule has 0 atom stereocenters. The van der Waals surface area contributed by atoms with Crippen LogP contribution >= 0.6 is 11.6 Å². The van der Waals surface area contributed by atoms with E-state index in [1.54, 1.807) is 42.2 Å². The van der Waals surface area contributed by atoms with Crippen molar-refractivity contribution < 1.29 is 4.39 Å². The maximum atomic E-state index is 14.9. The van der Waals surface area contributed by atoms with Gasteiger partial charge in [-0.15, -0.1) is 0 Å². The summed E-state index contributed by atoms with van der Waals surface area (Å²) in [5.41, 5.74) is 7.96. The molecular weight excluding hydrogens is 395 g/mol. The van der Waals surface area contributed by atoms with Crippen molar-refractivity contribution in [3.63, 3.8) is 0 Å². The zero-order valence-corrected chi connectivity index (χ0v) is 16.0. The summed E-state index contributed by atoms with van der Waals surface area (Å²) in [7, 11) is 1.72. The van der Waals surface area contributed by atoms with Crippen molar-refractivity contribution in [3.05, 3.63) is 69.0 Å². The predicted molar refractivity (Wildman–Crippen MR) is 108 cm³/mol. The number of nitrogens with zero attached hydrogens (tertiary/aromatic N) is 4. The van der Waals surface area contributed by atoms with Crippen molar-refractivity contribution in [2.24, 2.45) is 12.8 Å². The van der Waals surface area contributed by atoms with Gasteiger partial charge in [0.25, 0.3) is 5.56 Å². The van der Waals surface area contributed by atoms with E-state index in [2.05, 4.69) is 21.4 Å². The standard InChI is InChI=1S/C20H14ClFN6O/c1-28-19(11-3-2-4-15(21)13(11)7-23)14(9-25-28)10-5-12-17(8-24)26-27-20(29)18(12)16(22)6-10/h2-6,9H,8,24H2,1H3,(H,27,29). The van der Waals surface area contributed by atoms with Crippen LogP contribution in [0.4, 0.5) is 4.39 Å². The van der Waals surface area contributed by atoms with Crippen LogP contribution in [0.3, 0.4) is 0 Å². The quantitative estimate of drug-likeness (QED) is 0.540. The van der Waals surface area contributed by atoms with Crippen LogP contribution < -0.4 is 11.3 Å². The molecule has 4 aromatic rings. The number of nitrogens with one attached hydrogen (secondary N) is 1. The summed E-state index contributed by atoms with van der Waals surface area (Å²) in [4.78, 5) is 12.1. The highest BCUT2D eigenvalue weighted by molar-refractivity contribution is 6.32. The van der Waals surface area contributed by atoms with Crippen LogP contribution in [-0.2, 0) is 13.6 Å². The highest BCUT2D eigenvalue weighted by Gasteiger charge is 2.20. The number of hydrogen-bond acceptors (Lipinski definition) is 5. The molecule has 0 amide bonds. The molecular formula is C20H14ClFN6O. The molecule has 0 aliphatic heterocycles. The van der Waals surface area contributed by atoms with Crippen LogP contribution in [-0.4, -0.2) is 20.0 Å². The Morgan fingerprint density at radius 3 is 2.86 bits per heavy atom. The van der Waals surface area contributed by atoms with Crippen molar-refractivity contribution >= 4 is 22.4 Å². The lowest BCUT2D eigenvalue weighted by atomic mass is 9.96. The van der Waals surface area contributed by atoms with Crippen molar-refractivity contribution in [2.45, 2.75) is 6.54 Å². The van der Waals surface area contributed by atoms with Gasteiger partial charge in [-0.1, -0.05) is 23.7 Å². The average Bonchev–Trinajstić information content (AvgIpc) is 3.09.